The van der Waals surface area contributed by atoms with Gasteiger partial charge in [0, 0.05) is 17.8 Å². The number of aliphatic hydroxyl groups excluding tert-OH is 2. The van der Waals surface area contributed by atoms with Crippen LogP contribution in [0.5, 0.6) is 5.75 Å². The number of hydrogen-bond acceptors (Lipinski definition) is 9. The van der Waals surface area contributed by atoms with Crippen molar-refractivity contribution in [3.63, 3.8) is 0 Å². The highest BCUT2D eigenvalue weighted by Gasteiger charge is 2.80. The molecule has 0 aliphatic heterocycles. The Labute approximate surface area is 239 Å². The molecule has 5 rings (SSSR count). The first kappa shape index (κ1) is 29.7. The van der Waals surface area contributed by atoms with Gasteiger partial charge in [-0.25, -0.2) is 0 Å². The van der Waals surface area contributed by atoms with Crippen LogP contribution in [0.4, 0.5) is 5.69 Å². The van der Waals surface area contributed by atoms with Crippen LogP contribution in [-0.2, 0) is 14.4 Å². The van der Waals surface area contributed by atoms with E-state index in [-0.39, 0.29) is 29.4 Å². The Morgan fingerprint density at radius 2 is 1.73 bits per heavy atom. The number of phenols is 1. The molecule has 41 heavy (non-hydrogen) atoms. The minimum Gasteiger partial charge on any atom is -0.505 e. The van der Waals surface area contributed by atoms with Gasteiger partial charge in [0.1, 0.15) is 23.6 Å². The Morgan fingerprint density at radius 3 is 2.24 bits per heavy atom. The Morgan fingerprint density at radius 1 is 1.12 bits per heavy atom. The Bertz CT molecular complexity index is 1340. The van der Waals surface area contributed by atoms with Gasteiger partial charge < -0.3 is 31.9 Å². The number of phenolic OH excluding ortho intramolecular Hbond substituents is 1. The second-order valence-corrected chi connectivity index (χ2v) is 13.7. The predicted molar refractivity (Wildman–Crippen MR) is 148 cm³/mol. The first-order valence-corrected chi connectivity index (χ1v) is 14.6. The van der Waals surface area contributed by atoms with Crippen molar-refractivity contribution in [2.45, 2.75) is 84.0 Å². The molecule has 0 spiro atoms. The number of benzene rings is 1. The van der Waals surface area contributed by atoms with Gasteiger partial charge in [0.25, 0.3) is 0 Å². The molecular weight excluding hydrogens is 528 g/mol. The van der Waals surface area contributed by atoms with Crippen LogP contribution in [0, 0.1) is 46.3 Å². The maximum absolute atomic E-state index is 14.3. The molecule has 4 aliphatic carbocycles. The number of nitrogens with two attached hydrogens (primary N) is 2. The fourth-order valence-electron chi connectivity index (χ4n) is 9.52. The quantitative estimate of drug-likeness (QED) is 0.173. The highest BCUT2D eigenvalue weighted by molar-refractivity contribution is 6.10. The van der Waals surface area contributed by atoms with Gasteiger partial charge in [0.05, 0.1) is 23.3 Å². The highest BCUT2D eigenvalue weighted by Crippen LogP contribution is 2.71. The fourth-order valence-corrected chi connectivity index (χ4v) is 9.52. The molecule has 0 bridgehead atoms. The van der Waals surface area contributed by atoms with Gasteiger partial charge >= 0.3 is 0 Å². The van der Waals surface area contributed by atoms with Crippen LogP contribution >= 0.6 is 0 Å². The molecule has 10 atom stereocenters. The van der Waals surface area contributed by atoms with Crippen molar-refractivity contribution in [2.24, 2.45) is 52.1 Å². The van der Waals surface area contributed by atoms with E-state index >= 15 is 0 Å². The third-order valence-electron chi connectivity index (χ3n) is 11.9. The van der Waals surface area contributed by atoms with E-state index in [1.807, 2.05) is 6.92 Å². The van der Waals surface area contributed by atoms with Gasteiger partial charge in [-0.3, -0.25) is 19.2 Å². The van der Waals surface area contributed by atoms with Gasteiger partial charge in [0.2, 0.25) is 5.91 Å². The van der Waals surface area contributed by atoms with Crippen LogP contribution in [0.1, 0.15) is 82.1 Å². The third kappa shape index (κ3) is 3.47. The van der Waals surface area contributed by atoms with Gasteiger partial charge in [-0.15, -0.1) is 0 Å². The Balaban J connectivity index is 1.84. The van der Waals surface area contributed by atoms with Crippen LogP contribution in [0.3, 0.4) is 0 Å². The van der Waals surface area contributed by atoms with Crippen molar-refractivity contribution in [2.75, 3.05) is 5.73 Å². The first-order chi connectivity index (χ1) is 19.0. The Hall–Kier alpha value is -2.82. The standard InChI is InChI=1S/C31H42N2O8/c1-12(2)21-25(37)20(28(33)40)26(38)31(41)27(39)22-24(36)19-15(9-10-16(32)23(19)35)13(3)29(22,4)18(30(21,31)5)11-17(34)14-7-6-8-14/h9-10,12-14,18,20-22,25,27,35,37,39,41H,6-8,11,32H2,1-5H3,(H2,33,40)/t13-,18-,20-,21+,22-,25?,27?,29-,30-,31+/m1/s1. The zero-order valence-corrected chi connectivity index (χ0v) is 24.3. The normalized spacial score (nSPS) is 42.2. The molecule has 3 fully saturated rings. The number of anilines is 1. The number of fused-ring (bicyclic) bond motifs is 3. The number of hydrogen-bond donors (Lipinski definition) is 6. The lowest BCUT2D eigenvalue weighted by molar-refractivity contribution is -0.292. The summed E-state index contributed by atoms with van der Waals surface area (Å²) < 4.78 is 0. The monoisotopic (exact) mass is 570 g/mol. The van der Waals surface area contributed by atoms with Crippen molar-refractivity contribution < 1.29 is 39.6 Å². The zero-order valence-electron chi connectivity index (χ0n) is 24.3. The second kappa shape index (κ2) is 9.34. The second-order valence-electron chi connectivity index (χ2n) is 13.7. The number of rotatable bonds is 5. The first-order valence-electron chi connectivity index (χ1n) is 14.6. The zero-order chi connectivity index (χ0) is 30.6. The average molecular weight is 571 g/mol. The fraction of sp³-hybridized carbons (Fsp3) is 0.677. The number of aliphatic hydroxyl groups is 3. The molecule has 224 valence electrons. The molecule has 0 heterocycles. The minimum atomic E-state index is -2.71. The lowest BCUT2D eigenvalue weighted by Crippen LogP contribution is -2.82. The summed E-state index contributed by atoms with van der Waals surface area (Å²) in [4.78, 5) is 54.8. The van der Waals surface area contributed by atoms with Crippen molar-refractivity contribution in [3.05, 3.63) is 23.3 Å². The molecule has 0 radical (unpaired) electrons. The average Bonchev–Trinajstić information content (AvgIpc) is 2.83. The molecule has 1 aromatic carbocycles. The molecule has 10 heteroatoms. The maximum atomic E-state index is 14.3. The van der Waals surface area contributed by atoms with Crippen LogP contribution in [0.2, 0.25) is 0 Å². The number of Topliss-reactive ketones (excluding diaryl/α,β-unsaturated/α-hetero) is 3. The molecule has 4 aliphatic rings. The molecule has 1 amide bonds. The number of amides is 1. The van der Waals surface area contributed by atoms with Crippen LogP contribution < -0.4 is 11.5 Å². The van der Waals surface area contributed by atoms with Gasteiger partial charge in [-0.05, 0) is 53.6 Å². The van der Waals surface area contributed by atoms with E-state index in [4.69, 9.17) is 11.5 Å². The Kier molecular flexibility index (Phi) is 6.76. The minimum absolute atomic E-state index is 0.0380. The van der Waals surface area contributed by atoms with E-state index in [9.17, 15) is 39.6 Å². The summed E-state index contributed by atoms with van der Waals surface area (Å²) in [6.07, 6.45) is -1.35. The van der Waals surface area contributed by atoms with E-state index in [1.165, 1.54) is 6.07 Å². The van der Waals surface area contributed by atoms with E-state index in [2.05, 4.69) is 0 Å². The molecule has 8 N–H and O–H groups in total. The predicted octanol–water partition coefficient (Wildman–Crippen LogP) is 1.70. The molecule has 2 unspecified atom stereocenters. The summed E-state index contributed by atoms with van der Waals surface area (Å²) in [5, 5.41) is 47.2. The largest absolute Gasteiger partial charge is 0.505 e. The SMILES string of the molecule is CC(C)[C@H]1C(O)[C@@H](C(N)=O)C(=O)[C@]2(O)C(O)[C@H]3C(=O)c4c(ccc(N)c4O)[C@@H](C)[C@]3(C)[C@@H](CC(=O)C3CCC3)[C@]12C. The lowest BCUT2D eigenvalue weighted by Gasteiger charge is -2.71. The number of carbonyl (C=O) groups excluding carboxylic acids is 4. The smallest absolute Gasteiger partial charge is 0.230 e. The van der Waals surface area contributed by atoms with Gasteiger partial charge in [-0.1, -0.05) is 47.1 Å². The van der Waals surface area contributed by atoms with Crippen LogP contribution in [0.25, 0.3) is 0 Å². The summed E-state index contributed by atoms with van der Waals surface area (Å²) in [5.41, 5.74) is 6.32. The summed E-state index contributed by atoms with van der Waals surface area (Å²) in [7, 11) is 0. The molecule has 0 aromatic heterocycles. The van der Waals surface area contributed by atoms with Gasteiger partial charge in [-0.2, -0.15) is 0 Å². The summed E-state index contributed by atoms with van der Waals surface area (Å²) >= 11 is 0. The topological polar surface area (TPSA) is 201 Å². The molecule has 10 nitrogen and oxygen atoms in total. The molecular formula is C31H42N2O8. The number of aromatic hydroxyl groups is 1. The van der Waals surface area contributed by atoms with Gasteiger partial charge in [0.15, 0.2) is 17.2 Å². The maximum Gasteiger partial charge on any atom is 0.230 e. The van der Waals surface area contributed by atoms with Crippen molar-refractivity contribution in [1.29, 1.82) is 0 Å². The van der Waals surface area contributed by atoms with Crippen LogP contribution in [-0.4, -0.2) is 61.5 Å². The van der Waals surface area contributed by atoms with Crippen molar-refractivity contribution >= 4 is 28.9 Å². The number of nitrogen functional groups attached to an aromatic ring is 1. The summed E-state index contributed by atoms with van der Waals surface area (Å²) in [6, 6.07) is 3.15. The number of carbonyl (C=O) groups is 4. The number of ketones is 3. The van der Waals surface area contributed by atoms with Crippen molar-refractivity contribution in [1.82, 2.24) is 0 Å². The number of primary amides is 1. The van der Waals surface area contributed by atoms with E-state index in [0.717, 1.165) is 19.3 Å². The van der Waals surface area contributed by atoms with Crippen LogP contribution in [0.15, 0.2) is 12.1 Å². The molecule has 1 aromatic rings. The molecule has 3 saturated carbocycles. The molecule has 0 saturated heterocycles. The summed E-state index contributed by atoms with van der Waals surface area (Å²) in [5.74, 6) is -9.76. The highest BCUT2D eigenvalue weighted by atomic mass is 16.4. The van der Waals surface area contributed by atoms with E-state index < -0.39 is 87.4 Å². The summed E-state index contributed by atoms with van der Waals surface area (Å²) in [6.45, 7) is 8.80. The third-order valence-corrected chi connectivity index (χ3v) is 11.9. The lowest BCUT2D eigenvalue weighted by atomic mass is 9.33. The van der Waals surface area contributed by atoms with E-state index in [1.54, 1.807) is 33.8 Å². The van der Waals surface area contributed by atoms with E-state index in [0.29, 0.717) is 5.56 Å². The van der Waals surface area contributed by atoms with Crippen molar-refractivity contribution in [3.8, 4) is 5.75 Å².